The SMILES string of the molecule is C/C(C(=O)CC[C@@H](C)CO[C@@H]1O[C@H](CO)[C@@H](O)[C@H](O)[C@H]1O)=C1\C(=O)C[C@H]2[C@@H]3CC=C4C[C@@H](O[C@@H]5O[C@H](CO)[C@H](O[C@@H]6O[C@H](CO)[C@@H](O)[C@H](O[C@@H]7OC[C@@H](O)[C@H](O)[C@H]7O)[C@H]6O[C@@H]6O[C@H](CO)[C@@H](O)[C@H](O)[C@H]6O)[C@H](O)[C@H]5O)[C@H](O)C[C@]4(C)[C@H]3CC[C@]12C. The molecule has 85 heavy (non-hydrogen) atoms. The molecule has 5 heterocycles. The molecule has 0 bridgehead atoms. The van der Waals surface area contributed by atoms with E-state index in [1.165, 1.54) is 0 Å². The molecule has 0 amide bonds. The van der Waals surface area contributed by atoms with E-state index in [1.54, 1.807) is 6.92 Å². The highest BCUT2D eigenvalue weighted by Gasteiger charge is 2.62. The van der Waals surface area contributed by atoms with Crippen molar-refractivity contribution in [3.05, 3.63) is 22.8 Å². The fourth-order valence-electron chi connectivity index (χ4n) is 14.8. The van der Waals surface area contributed by atoms with Gasteiger partial charge in [-0.3, -0.25) is 9.59 Å². The molecule has 17 N–H and O–H groups in total. The van der Waals surface area contributed by atoms with E-state index >= 15 is 0 Å². The van der Waals surface area contributed by atoms with E-state index in [0.29, 0.717) is 36.8 Å². The lowest BCUT2D eigenvalue weighted by molar-refractivity contribution is -0.404. The first-order valence-electron chi connectivity index (χ1n) is 29.5. The van der Waals surface area contributed by atoms with Gasteiger partial charge in [-0.15, -0.1) is 0 Å². The Balaban J connectivity index is 0.855. The van der Waals surface area contributed by atoms with E-state index in [-0.39, 0.29) is 67.5 Å². The standard InChI is InChI=1S/C56H88O29/c1-20(18-76-50-44(73)40(69)37(66)31(14-57)79-50)5-8-26(61)21(2)35-27(62)12-25-23-7-6-22-11-30(28(63)13-56(22,4)24(23)9-10-55(25,35)3)78-52-46(75)42(71)47(34(17-60)82-52)83-54-49(85-53-45(74)41(70)38(67)32(15-58)80-53)48(39(68)33(16-59)81-54)84-51-43(72)36(65)29(64)19-77-51/h6,20,23-25,28-34,36-54,57-60,63-75H,5,7-19H2,1-4H3/b35-21-/t20-,23-,24+,25+,28-,29-,30-,31-,32-,33-,34-,36+,37-,38-,39-,40+,41+,42-,43-,44-,45-,46-,47+,48+,49-,50-,51+,52-,53+,54+,55+,56+/m1/s1. The van der Waals surface area contributed by atoms with Gasteiger partial charge in [0.25, 0.3) is 0 Å². The largest absolute Gasteiger partial charge is 0.394 e. The van der Waals surface area contributed by atoms with Gasteiger partial charge in [-0.1, -0.05) is 32.4 Å². The Morgan fingerprint density at radius 3 is 1.78 bits per heavy atom. The number of fused-ring (bicyclic) bond motifs is 5. The number of ether oxygens (including phenoxy) is 10. The molecule has 9 rings (SSSR count). The number of hydrogen-bond donors (Lipinski definition) is 17. The van der Waals surface area contributed by atoms with Crippen molar-refractivity contribution in [2.24, 2.45) is 34.5 Å². The monoisotopic (exact) mass is 1220 g/mol. The van der Waals surface area contributed by atoms with Crippen LogP contribution in [0, 0.1) is 34.5 Å². The van der Waals surface area contributed by atoms with E-state index in [9.17, 15) is 96.4 Å². The summed E-state index contributed by atoms with van der Waals surface area (Å²) in [5.74, 6) is -0.534. The number of ketones is 2. The third kappa shape index (κ3) is 12.9. The van der Waals surface area contributed by atoms with Crippen LogP contribution >= 0.6 is 0 Å². The second kappa shape index (κ2) is 27.3. The molecule has 9 aliphatic rings. The second-order valence-corrected chi connectivity index (χ2v) is 25.3. The highest BCUT2D eigenvalue weighted by molar-refractivity contribution is 6.08. The van der Waals surface area contributed by atoms with E-state index in [1.807, 2.05) is 6.92 Å². The summed E-state index contributed by atoms with van der Waals surface area (Å²) < 4.78 is 58.4. The fourth-order valence-corrected chi connectivity index (χ4v) is 14.8. The molecule has 0 spiro atoms. The lowest BCUT2D eigenvalue weighted by Gasteiger charge is -2.58. The highest BCUT2D eigenvalue weighted by Crippen LogP contribution is 2.66. The summed E-state index contributed by atoms with van der Waals surface area (Å²) in [6.07, 6.45) is -39.1. The first-order valence-corrected chi connectivity index (χ1v) is 29.5. The Kier molecular flexibility index (Phi) is 21.6. The minimum Gasteiger partial charge on any atom is -0.394 e. The van der Waals surface area contributed by atoms with Crippen LogP contribution < -0.4 is 0 Å². The summed E-state index contributed by atoms with van der Waals surface area (Å²) in [6.45, 7) is 3.80. The Hall–Kier alpha value is -2.26. The Morgan fingerprint density at radius 1 is 0.588 bits per heavy atom. The molecular weight excluding hydrogens is 1140 g/mol. The summed E-state index contributed by atoms with van der Waals surface area (Å²) in [6, 6.07) is 0. The summed E-state index contributed by atoms with van der Waals surface area (Å²) in [7, 11) is 0. The molecule has 3 saturated carbocycles. The van der Waals surface area contributed by atoms with Crippen molar-refractivity contribution in [1.29, 1.82) is 0 Å². The number of hydrogen-bond acceptors (Lipinski definition) is 29. The average molecular weight is 1230 g/mol. The molecule has 29 nitrogen and oxygen atoms in total. The zero-order valence-corrected chi connectivity index (χ0v) is 47.8. The highest BCUT2D eigenvalue weighted by atomic mass is 16.8. The minimum absolute atomic E-state index is 0.0178. The summed E-state index contributed by atoms with van der Waals surface area (Å²) in [4.78, 5) is 28.0. The number of allylic oxidation sites excluding steroid dienone is 3. The maximum Gasteiger partial charge on any atom is 0.187 e. The van der Waals surface area contributed by atoms with Crippen molar-refractivity contribution in [2.75, 3.05) is 39.6 Å². The summed E-state index contributed by atoms with van der Waals surface area (Å²) in [5, 5.41) is 182. The maximum absolute atomic E-state index is 14.1. The van der Waals surface area contributed by atoms with Crippen LogP contribution in [0.2, 0.25) is 0 Å². The molecule has 0 radical (unpaired) electrons. The lowest BCUT2D eigenvalue weighted by atomic mass is 9.47. The van der Waals surface area contributed by atoms with Gasteiger partial charge in [-0.2, -0.15) is 0 Å². The first-order chi connectivity index (χ1) is 40.2. The fraction of sp³-hybridized carbons (Fsp3) is 0.893. The molecule has 32 atom stereocenters. The van der Waals surface area contributed by atoms with Crippen LogP contribution in [0.1, 0.15) is 79.1 Å². The van der Waals surface area contributed by atoms with Crippen molar-refractivity contribution in [3.63, 3.8) is 0 Å². The van der Waals surface area contributed by atoms with Gasteiger partial charge in [0.05, 0.1) is 51.8 Å². The molecule has 0 aromatic heterocycles. The van der Waals surface area contributed by atoms with Gasteiger partial charge in [0.2, 0.25) is 0 Å². The van der Waals surface area contributed by atoms with Crippen LogP contribution in [0.25, 0.3) is 0 Å². The minimum atomic E-state index is -2.06. The van der Waals surface area contributed by atoms with Crippen molar-refractivity contribution < 1.29 is 144 Å². The van der Waals surface area contributed by atoms with Crippen molar-refractivity contribution in [2.45, 2.75) is 239 Å². The van der Waals surface area contributed by atoms with Crippen molar-refractivity contribution >= 4 is 11.6 Å². The van der Waals surface area contributed by atoms with Gasteiger partial charge in [0.15, 0.2) is 43.0 Å². The molecule has 0 aromatic rings. The first kappa shape index (κ1) is 67.1. The number of aliphatic hydroxyl groups excluding tert-OH is 17. The number of rotatable bonds is 19. The number of carbonyl (C=O) groups excluding carboxylic acids is 2. The topological polar surface area (TPSA) is 470 Å². The zero-order chi connectivity index (χ0) is 61.9. The quantitative estimate of drug-likeness (QED) is 0.0422. The van der Waals surface area contributed by atoms with Gasteiger partial charge >= 0.3 is 0 Å². The number of aliphatic hydroxyl groups is 17. The van der Waals surface area contributed by atoms with E-state index in [0.717, 1.165) is 5.57 Å². The number of carbonyl (C=O) groups is 2. The third-order valence-electron chi connectivity index (χ3n) is 19.9. The van der Waals surface area contributed by atoms with Gasteiger partial charge in [0.1, 0.15) is 116 Å². The van der Waals surface area contributed by atoms with Gasteiger partial charge in [0, 0.05) is 18.4 Å². The molecule has 29 heteroatoms. The van der Waals surface area contributed by atoms with Crippen LogP contribution in [0.15, 0.2) is 22.8 Å². The molecule has 5 aliphatic heterocycles. The van der Waals surface area contributed by atoms with Crippen LogP contribution in [-0.4, -0.2) is 298 Å². The molecule has 0 aromatic carbocycles. The second-order valence-electron chi connectivity index (χ2n) is 25.3. The Bertz CT molecular complexity index is 2340. The molecule has 8 fully saturated rings. The van der Waals surface area contributed by atoms with Gasteiger partial charge in [-0.25, -0.2) is 0 Å². The zero-order valence-electron chi connectivity index (χ0n) is 47.8. The molecule has 5 saturated heterocycles. The predicted octanol–water partition coefficient (Wildman–Crippen LogP) is -6.49. The summed E-state index contributed by atoms with van der Waals surface area (Å²) in [5.41, 5.74) is 0.770. The molecular formula is C56H88O29. The van der Waals surface area contributed by atoms with Crippen LogP contribution in [0.3, 0.4) is 0 Å². The van der Waals surface area contributed by atoms with E-state index in [2.05, 4.69) is 19.9 Å². The smallest absolute Gasteiger partial charge is 0.187 e. The Labute approximate surface area is 489 Å². The summed E-state index contributed by atoms with van der Waals surface area (Å²) >= 11 is 0. The number of Topliss-reactive ketones (excluding diaryl/α,β-unsaturated/α-hetero) is 2. The Morgan fingerprint density at radius 2 is 1.13 bits per heavy atom. The predicted molar refractivity (Wildman–Crippen MR) is 280 cm³/mol. The third-order valence-corrected chi connectivity index (χ3v) is 19.9. The van der Waals surface area contributed by atoms with E-state index < -0.39 is 203 Å². The average Bonchev–Trinajstić information content (AvgIpc) is 1.71. The van der Waals surface area contributed by atoms with Crippen molar-refractivity contribution in [3.8, 4) is 0 Å². The van der Waals surface area contributed by atoms with Crippen molar-refractivity contribution in [1.82, 2.24) is 0 Å². The molecule has 4 aliphatic carbocycles. The molecule has 486 valence electrons. The maximum atomic E-state index is 14.1. The lowest BCUT2D eigenvalue weighted by Crippen LogP contribution is -2.68. The van der Waals surface area contributed by atoms with E-state index in [4.69, 9.17) is 47.4 Å². The molecule has 0 unspecified atom stereocenters. The van der Waals surface area contributed by atoms with Crippen LogP contribution in [-0.2, 0) is 57.0 Å². The normalized spacial score (nSPS) is 50.4. The van der Waals surface area contributed by atoms with Gasteiger partial charge < -0.3 is 134 Å². The van der Waals surface area contributed by atoms with Crippen LogP contribution in [0.4, 0.5) is 0 Å². The van der Waals surface area contributed by atoms with Crippen LogP contribution in [0.5, 0.6) is 0 Å². The van der Waals surface area contributed by atoms with Gasteiger partial charge in [-0.05, 0) is 85.5 Å².